The van der Waals surface area contributed by atoms with Gasteiger partial charge in [0.05, 0.1) is 0 Å². The first-order valence-corrected chi connectivity index (χ1v) is 9.79. The van der Waals surface area contributed by atoms with Crippen LogP contribution in [-0.4, -0.2) is 54.6 Å². The summed E-state index contributed by atoms with van der Waals surface area (Å²) in [4.78, 5) is 16.8. The van der Waals surface area contributed by atoms with Crippen molar-refractivity contribution in [1.29, 1.82) is 0 Å². The second-order valence-electron chi connectivity index (χ2n) is 7.29. The molecule has 0 radical (unpaired) electrons. The molecular weight excluding hydrogens is 346 g/mol. The van der Waals surface area contributed by atoms with E-state index >= 15 is 0 Å². The smallest absolute Gasteiger partial charge is 0.227 e. The normalized spacial score (nSPS) is 18.1. The Morgan fingerprint density at radius 1 is 1.04 bits per heavy atom. The maximum Gasteiger partial charge on any atom is 0.227 e. The average Bonchev–Trinajstić information content (AvgIpc) is 2.65. The molecule has 4 rings (SSSR count). The molecule has 0 saturated carbocycles. The van der Waals surface area contributed by atoms with Crippen molar-refractivity contribution in [2.24, 2.45) is 0 Å². The summed E-state index contributed by atoms with van der Waals surface area (Å²) < 4.78 is 0. The number of rotatable bonds is 3. The summed E-state index contributed by atoms with van der Waals surface area (Å²) in [5.74, 6) is 2.00. The SMILES string of the molecule is Cc1nc(N2CCN(Cc3ccccc3Cl)CC2)nc2c1CCCN2C. The van der Waals surface area contributed by atoms with Crippen LogP contribution in [0.5, 0.6) is 0 Å². The molecule has 0 spiro atoms. The van der Waals surface area contributed by atoms with E-state index in [4.69, 9.17) is 21.6 Å². The summed E-state index contributed by atoms with van der Waals surface area (Å²) in [6.45, 7) is 8.01. The molecule has 26 heavy (non-hydrogen) atoms. The van der Waals surface area contributed by atoms with Crippen molar-refractivity contribution in [2.45, 2.75) is 26.3 Å². The lowest BCUT2D eigenvalue weighted by Gasteiger charge is -2.36. The number of fused-ring (bicyclic) bond motifs is 1. The van der Waals surface area contributed by atoms with Crippen LogP contribution in [-0.2, 0) is 13.0 Å². The van der Waals surface area contributed by atoms with Gasteiger partial charge in [-0.2, -0.15) is 4.98 Å². The van der Waals surface area contributed by atoms with Gasteiger partial charge >= 0.3 is 0 Å². The molecule has 138 valence electrons. The second-order valence-corrected chi connectivity index (χ2v) is 7.70. The third-order valence-electron chi connectivity index (χ3n) is 5.47. The highest BCUT2D eigenvalue weighted by atomic mass is 35.5. The first-order valence-electron chi connectivity index (χ1n) is 9.41. The van der Waals surface area contributed by atoms with Crippen LogP contribution < -0.4 is 9.80 Å². The van der Waals surface area contributed by atoms with E-state index in [9.17, 15) is 0 Å². The number of piperazine rings is 1. The highest BCUT2D eigenvalue weighted by Gasteiger charge is 2.24. The summed E-state index contributed by atoms with van der Waals surface area (Å²) in [5, 5.41) is 0.853. The standard InChI is InChI=1S/C20H26ClN5/c1-15-17-7-5-9-24(2)19(17)23-20(22-15)26-12-10-25(11-13-26)14-16-6-3-4-8-18(16)21/h3-4,6,8H,5,7,9-14H2,1-2H3. The van der Waals surface area contributed by atoms with E-state index in [1.807, 2.05) is 12.1 Å². The molecule has 6 heteroatoms. The van der Waals surface area contributed by atoms with Gasteiger partial charge in [-0.3, -0.25) is 4.90 Å². The lowest BCUT2D eigenvalue weighted by molar-refractivity contribution is 0.248. The first kappa shape index (κ1) is 17.6. The third kappa shape index (κ3) is 3.51. The van der Waals surface area contributed by atoms with Gasteiger partial charge in [-0.05, 0) is 31.4 Å². The van der Waals surface area contributed by atoms with Gasteiger partial charge in [0.1, 0.15) is 5.82 Å². The molecule has 0 unspecified atom stereocenters. The van der Waals surface area contributed by atoms with Gasteiger partial charge < -0.3 is 9.80 Å². The Labute approximate surface area is 160 Å². The molecule has 0 aliphatic carbocycles. The highest BCUT2D eigenvalue weighted by Crippen LogP contribution is 2.28. The van der Waals surface area contributed by atoms with Gasteiger partial charge in [-0.15, -0.1) is 0 Å². The fourth-order valence-corrected chi connectivity index (χ4v) is 4.08. The van der Waals surface area contributed by atoms with Gasteiger partial charge in [0.2, 0.25) is 5.95 Å². The van der Waals surface area contributed by atoms with Gasteiger partial charge in [0.15, 0.2) is 0 Å². The van der Waals surface area contributed by atoms with Crippen molar-refractivity contribution in [3.05, 3.63) is 46.1 Å². The monoisotopic (exact) mass is 371 g/mol. The zero-order valence-corrected chi connectivity index (χ0v) is 16.3. The Morgan fingerprint density at radius 2 is 1.81 bits per heavy atom. The maximum atomic E-state index is 6.30. The molecule has 1 fully saturated rings. The Kier molecular flexibility index (Phi) is 5.00. The predicted octanol–water partition coefficient (Wildman–Crippen LogP) is 3.14. The molecule has 2 aromatic rings. The number of hydrogen-bond acceptors (Lipinski definition) is 5. The minimum absolute atomic E-state index is 0.853. The molecule has 1 aromatic carbocycles. The predicted molar refractivity (Wildman–Crippen MR) is 107 cm³/mol. The molecule has 0 N–H and O–H groups in total. The molecule has 1 saturated heterocycles. The zero-order chi connectivity index (χ0) is 18.1. The molecule has 0 amide bonds. The van der Waals surface area contributed by atoms with E-state index in [1.54, 1.807) is 0 Å². The largest absolute Gasteiger partial charge is 0.359 e. The van der Waals surface area contributed by atoms with Gasteiger partial charge in [-0.1, -0.05) is 29.8 Å². The van der Waals surface area contributed by atoms with Crippen LogP contribution >= 0.6 is 11.6 Å². The average molecular weight is 372 g/mol. The van der Waals surface area contributed by atoms with Crippen LogP contribution in [0.15, 0.2) is 24.3 Å². The Morgan fingerprint density at radius 3 is 2.58 bits per heavy atom. The molecule has 3 heterocycles. The van der Waals surface area contributed by atoms with Crippen molar-refractivity contribution in [3.8, 4) is 0 Å². The molecule has 0 bridgehead atoms. The summed E-state index contributed by atoms with van der Waals surface area (Å²) in [6, 6.07) is 8.11. The van der Waals surface area contributed by atoms with Gasteiger partial charge in [0, 0.05) is 62.6 Å². The molecule has 1 aromatic heterocycles. The van der Waals surface area contributed by atoms with Crippen molar-refractivity contribution in [1.82, 2.24) is 14.9 Å². The van der Waals surface area contributed by atoms with E-state index < -0.39 is 0 Å². The topological polar surface area (TPSA) is 35.5 Å². The number of halogens is 1. The van der Waals surface area contributed by atoms with Crippen LogP contribution in [0.25, 0.3) is 0 Å². The molecule has 5 nitrogen and oxygen atoms in total. The molecule has 2 aliphatic rings. The van der Waals surface area contributed by atoms with Crippen molar-refractivity contribution >= 4 is 23.4 Å². The number of benzene rings is 1. The highest BCUT2D eigenvalue weighted by molar-refractivity contribution is 6.31. The number of hydrogen-bond donors (Lipinski definition) is 0. The minimum atomic E-state index is 0.853. The summed E-state index contributed by atoms with van der Waals surface area (Å²) in [5.41, 5.74) is 3.65. The third-order valence-corrected chi connectivity index (χ3v) is 5.84. The number of aromatic nitrogens is 2. The van der Waals surface area contributed by atoms with Crippen LogP contribution in [0.3, 0.4) is 0 Å². The van der Waals surface area contributed by atoms with Gasteiger partial charge in [0.25, 0.3) is 0 Å². The fraction of sp³-hybridized carbons (Fsp3) is 0.500. The summed E-state index contributed by atoms with van der Waals surface area (Å²) in [7, 11) is 2.13. The zero-order valence-electron chi connectivity index (χ0n) is 15.6. The van der Waals surface area contributed by atoms with Crippen molar-refractivity contribution in [2.75, 3.05) is 49.6 Å². The lowest BCUT2D eigenvalue weighted by atomic mass is 10.0. The summed E-state index contributed by atoms with van der Waals surface area (Å²) in [6.07, 6.45) is 2.28. The van der Waals surface area contributed by atoms with E-state index in [-0.39, 0.29) is 0 Å². The quantitative estimate of drug-likeness (QED) is 0.828. The fourth-order valence-electron chi connectivity index (χ4n) is 3.89. The van der Waals surface area contributed by atoms with Crippen molar-refractivity contribution in [3.63, 3.8) is 0 Å². The van der Waals surface area contributed by atoms with E-state index in [1.165, 1.54) is 17.5 Å². The molecule has 2 aliphatic heterocycles. The van der Waals surface area contributed by atoms with Crippen LogP contribution in [0, 0.1) is 6.92 Å². The van der Waals surface area contributed by atoms with E-state index in [0.29, 0.717) is 0 Å². The first-order chi connectivity index (χ1) is 12.6. The van der Waals surface area contributed by atoms with Crippen LogP contribution in [0.4, 0.5) is 11.8 Å². The number of aryl methyl sites for hydroxylation is 1. The lowest BCUT2D eigenvalue weighted by Crippen LogP contribution is -2.46. The van der Waals surface area contributed by atoms with Crippen LogP contribution in [0.1, 0.15) is 23.2 Å². The van der Waals surface area contributed by atoms with Crippen LogP contribution in [0.2, 0.25) is 5.02 Å². The van der Waals surface area contributed by atoms with Gasteiger partial charge in [-0.25, -0.2) is 4.98 Å². The number of nitrogens with zero attached hydrogens (tertiary/aromatic N) is 5. The molecular formula is C20H26ClN5. The maximum absolute atomic E-state index is 6.30. The van der Waals surface area contributed by atoms with E-state index in [2.05, 4.69) is 40.8 Å². The Bertz CT molecular complexity index is 786. The minimum Gasteiger partial charge on any atom is -0.359 e. The van der Waals surface area contributed by atoms with Crippen molar-refractivity contribution < 1.29 is 0 Å². The Hall–Kier alpha value is -1.85. The summed E-state index contributed by atoms with van der Waals surface area (Å²) >= 11 is 6.30. The van der Waals surface area contributed by atoms with E-state index in [0.717, 1.165) is 68.2 Å². The number of anilines is 2. The second kappa shape index (κ2) is 7.41. The Balaban J connectivity index is 1.44. The molecule has 0 atom stereocenters.